The molecule has 0 saturated carbocycles. The van der Waals surface area contributed by atoms with Gasteiger partial charge >= 0.3 is 11.9 Å². The minimum absolute atomic E-state index is 0.121. The lowest BCUT2D eigenvalue weighted by Crippen LogP contribution is -2.24. The molecule has 2 aromatic carbocycles. The summed E-state index contributed by atoms with van der Waals surface area (Å²) in [5, 5.41) is 18.0. The first-order valence-corrected chi connectivity index (χ1v) is 7.49. The van der Waals surface area contributed by atoms with Crippen LogP contribution < -0.4 is 9.47 Å². The minimum Gasteiger partial charge on any atom is -0.478 e. The lowest BCUT2D eigenvalue weighted by molar-refractivity contribution is -0.00127. The van der Waals surface area contributed by atoms with Crippen LogP contribution in [0.5, 0.6) is 11.5 Å². The van der Waals surface area contributed by atoms with Crippen LogP contribution in [0.25, 0.3) is 0 Å². The predicted molar refractivity (Wildman–Crippen MR) is 86.8 cm³/mol. The molecule has 2 rings (SSSR count). The van der Waals surface area contributed by atoms with Gasteiger partial charge in [0.25, 0.3) is 0 Å². The first-order chi connectivity index (χ1) is 11.5. The van der Waals surface area contributed by atoms with E-state index in [0.717, 1.165) is 6.42 Å². The van der Waals surface area contributed by atoms with E-state index < -0.39 is 18.2 Å². The molecular formula is C18H18O6. The smallest absolute Gasteiger partial charge is 0.335 e. The van der Waals surface area contributed by atoms with Crippen molar-refractivity contribution in [2.45, 2.75) is 26.1 Å². The summed E-state index contributed by atoms with van der Waals surface area (Å²) < 4.78 is 11.4. The summed E-state index contributed by atoms with van der Waals surface area (Å²) >= 11 is 0. The van der Waals surface area contributed by atoms with E-state index in [2.05, 4.69) is 0 Å². The molecule has 0 saturated heterocycles. The van der Waals surface area contributed by atoms with Gasteiger partial charge in [-0.2, -0.15) is 0 Å². The van der Waals surface area contributed by atoms with E-state index in [4.69, 9.17) is 19.7 Å². The van der Waals surface area contributed by atoms with E-state index >= 15 is 0 Å². The summed E-state index contributed by atoms with van der Waals surface area (Å²) in [5.74, 6) is -1.32. The minimum atomic E-state index is -1.04. The molecule has 24 heavy (non-hydrogen) atoms. The Morgan fingerprint density at radius 2 is 1.38 bits per heavy atom. The number of carboxylic acids is 2. The Bertz CT molecular complexity index is 665. The molecule has 0 aromatic heterocycles. The van der Waals surface area contributed by atoms with Gasteiger partial charge in [-0.3, -0.25) is 0 Å². The molecule has 0 aliphatic carbocycles. The number of benzene rings is 2. The SMILES string of the molecule is CCCC(Oc1cccc(C(=O)O)c1)Oc1cccc(C(=O)O)c1. The first-order valence-electron chi connectivity index (χ1n) is 7.49. The average Bonchev–Trinajstić information content (AvgIpc) is 2.55. The Balaban J connectivity index is 2.14. The summed E-state index contributed by atoms with van der Waals surface area (Å²) in [7, 11) is 0. The van der Waals surface area contributed by atoms with Crippen LogP contribution in [-0.2, 0) is 0 Å². The summed E-state index contributed by atoms with van der Waals surface area (Å²) in [6.07, 6.45) is 0.694. The number of hydrogen-bond acceptors (Lipinski definition) is 4. The maximum absolute atomic E-state index is 11.0. The Morgan fingerprint density at radius 1 is 0.917 bits per heavy atom. The molecule has 0 aliphatic heterocycles. The van der Waals surface area contributed by atoms with Gasteiger partial charge < -0.3 is 19.7 Å². The van der Waals surface area contributed by atoms with Crippen molar-refractivity contribution in [3.8, 4) is 11.5 Å². The second kappa shape index (κ2) is 8.01. The number of rotatable bonds is 8. The second-order valence-corrected chi connectivity index (χ2v) is 5.12. The molecule has 2 aromatic rings. The third kappa shape index (κ3) is 4.74. The maximum Gasteiger partial charge on any atom is 0.335 e. The molecule has 6 nitrogen and oxygen atoms in total. The molecule has 0 amide bonds. The first kappa shape index (κ1) is 17.3. The van der Waals surface area contributed by atoms with E-state index in [0.29, 0.717) is 17.9 Å². The van der Waals surface area contributed by atoms with Gasteiger partial charge in [-0.1, -0.05) is 19.1 Å². The zero-order valence-corrected chi connectivity index (χ0v) is 13.1. The van der Waals surface area contributed by atoms with Crippen molar-refractivity contribution in [2.75, 3.05) is 0 Å². The standard InChI is InChI=1S/C18H18O6/c1-2-5-16(23-14-8-3-6-12(10-14)17(19)20)24-15-9-4-7-13(11-15)18(21)22/h3-4,6-11,16H,2,5H2,1H3,(H,19,20)(H,21,22). The Morgan fingerprint density at radius 3 is 1.75 bits per heavy atom. The van der Waals surface area contributed by atoms with Gasteiger partial charge in [0.15, 0.2) is 0 Å². The topological polar surface area (TPSA) is 93.1 Å². The third-order valence-corrected chi connectivity index (χ3v) is 3.22. The van der Waals surface area contributed by atoms with Crippen molar-refractivity contribution in [2.24, 2.45) is 0 Å². The fourth-order valence-electron chi connectivity index (χ4n) is 2.09. The fourth-order valence-corrected chi connectivity index (χ4v) is 2.09. The zero-order valence-electron chi connectivity index (χ0n) is 13.1. The Hall–Kier alpha value is -3.02. The van der Waals surface area contributed by atoms with Crippen LogP contribution in [0.15, 0.2) is 48.5 Å². The van der Waals surface area contributed by atoms with Gasteiger partial charge in [0.05, 0.1) is 11.1 Å². The predicted octanol–water partition coefficient (Wildman–Crippen LogP) is 3.67. The van der Waals surface area contributed by atoms with Crippen LogP contribution in [0.3, 0.4) is 0 Å². The molecule has 126 valence electrons. The van der Waals surface area contributed by atoms with E-state index in [-0.39, 0.29) is 11.1 Å². The van der Waals surface area contributed by atoms with Crippen molar-refractivity contribution in [1.29, 1.82) is 0 Å². The third-order valence-electron chi connectivity index (χ3n) is 3.22. The molecule has 0 atom stereocenters. The van der Waals surface area contributed by atoms with Crippen molar-refractivity contribution in [3.63, 3.8) is 0 Å². The molecule has 0 unspecified atom stereocenters. The number of aromatic carboxylic acids is 2. The van der Waals surface area contributed by atoms with Gasteiger partial charge in [-0.05, 0) is 42.8 Å². The molecule has 6 heteroatoms. The zero-order chi connectivity index (χ0) is 17.5. The summed E-state index contributed by atoms with van der Waals surface area (Å²) in [6, 6.07) is 12.3. The monoisotopic (exact) mass is 330 g/mol. The number of carbonyl (C=O) groups is 2. The lowest BCUT2D eigenvalue weighted by Gasteiger charge is -2.20. The number of hydrogen-bond donors (Lipinski definition) is 2. The highest BCUT2D eigenvalue weighted by Crippen LogP contribution is 2.21. The van der Waals surface area contributed by atoms with Crippen LogP contribution in [0.2, 0.25) is 0 Å². The summed E-state index contributed by atoms with van der Waals surface area (Å²) in [5.41, 5.74) is 0.242. The summed E-state index contributed by atoms with van der Waals surface area (Å²) in [6.45, 7) is 1.96. The molecule has 0 spiro atoms. The van der Waals surface area contributed by atoms with Crippen LogP contribution in [0.1, 0.15) is 40.5 Å². The van der Waals surface area contributed by atoms with Crippen molar-refractivity contribution in [1.82, 2.24) is 0 Å². The largest absolute Gasteiger partial charge is 0.478 e. The van der Waals surface area contributed by atoms with Gasteiger partial charge in [-0.25, -0.2) is 9.59 Å². The van der Waals surface area contributed by atoms with Crippen LogP contribution in [0.4, 0.5) is 0 Å². The highest BCUT2D eigenvalue weighted by Gasteiger charge is 2.14. The van der Waals surface area contributed by atoms with E-state index in [9.17, 15) is 9.59 Å². The Labute approximate surface area is 139 Å². The highest BCUT2D eigenvalue weighted by molar-refractivity contribution is 5.88. The van der Waals surface area contributed by atoms with Crippen LogP contribution in [-0.4, -0.2) is 28.4 Å². The highest BCUT2D eigenvalue weighted by atomic mass is 16.7. The molecule has 0 aliphatic rings. The molecule has 0 fully saturated rings. The van der Waals surface area contributed by atoms with Gasteiger partial charge in [0.1, 0.15) is 11.5 Å². The molecule has 2 N–H and O–H groups in total. The molecular weight excluding hydrogens is 312 g/mol. The van der Waals surface area contributed by atoms with Gasteiger partial charge in [0.2, 0.25) is 6.29 Å². The number of ether oxygens (including phenoxy) is 2. The number of carboxylic acid groups (broad SMARTS) is 2. The van der Waals surface area contributed by atoms with Gasteiger partial charge in [0, 0.05) is 6.42 Å². The van der Waals surface area contributed by atoms with Gasteiger partial charge in [-0.15, -0.1) is 0 Å². The van der Waals surface area contributed by atoms with Crippen LogP contribution in [0, 0.1) is 0 Å². The molecule has 0 radical (unpaired) electrons. The summed E-state index contributed by atoms with van der Waals surface area (Å²) in [4.78, 5) is 22.0. The van der Waals surface area contributed by atoms with E-state index in [1.807, 2.05) is 6.92 Å². The maximum atomic E-state index is 11.0. The van der Waals surface area contributed by atoms with Crippen molar-refractivity contribution in [3.05, 3.63) is 59.7 Å². The Kier molecular flexibility index (Phi) is 5.78. The van der Waals surface area contributed by atoms with Crippen molar-refractivity contribution >= 4 is 11.9 Å². The molecule has 0 heterocycles. The van der Waals surface area contributed by atoms with Crippen molar-refractivity contribution < 1.29 is 29.3 Å². The second-order valence-electron chi connectivity index (χ2n) is 5.12. The van der Waals surface area contributed by atoms with E-state index in [1.54, 1.807) is 24.3 Å². The fraction of sp³-hybridized carbons (Fsp3) is 0.222. The normalized spacial score (nSPS) is 10.4. The van der Waals surface area contributed by atoms with E-state index in [1.165, 1.54) is 24.3 Å². The average molecular weight is 330 g/mol. The van der Waals surface area contributed by atoms with Crippen LogP contribution >= 0.6 is 0 Å². The lowest BCUT2D eigenvalue weighted by atomic mass is 10.2. The molecule has 0 bridgehead atoms. The quantitative estimate of drug-likeness (QED) is 0.717.